The van der Waals surface area contributed by atoms with Crippen molar-refractivity contribution in [1.82, 2.24) is 15.5 Å². The largest absolute Gasteiger partial charge is 0.486 e. The van der Waals surface area contributed by atoms with Crippen molar-refractivity contribution < 1.29 is 14.2 Å². The van der Waals surface area contributed by atoms with Gasteiger partial charge in [-0.2, -0.15) is 0 Å². The molecule has 0 saturated carbocycles. The van der Waals surface area contributed by atoms with Crippen molar-refractivity contribution in [3.63, 3.8) is 0 Å². The summed E-state index contributed by atoms with van der Waals surface area (Å²) in [6.07, 6.45) is 0. The molecule has 0 amide bonds. The number of aliphatic imine (C=N–C) groups is 1. The summed E-state index contributed by atoms with van der Waals surface area (Å²) >= 11 is 6.31. The Hall–Kier alpha value is -1.70. The van der Waals surface area contributed by atoms with Crippen LogP contribution in [0.25, 0.3) is 0 Å². The number of ether oxygens (including phenoxy) is 3. The second kappa shape index (κ2) is 8.99. The average Bonchev–Trinajstić information content (AvgIpc) is 2.69. The van der Waals surface area contributed by atoms with Gasteiger partial charge in [0, 0.05) is 38.8 Å². The Labute approximate surface area is 166 Å². The number of benzene rings is 1. The third kappa shape index (κ3) is 5.18. The number of nitrogens with zero attached hydrogens (tertiary/aromatic N) is 2. The van der Waals surface area contributed by atoms with E-state index >= 15 is 0 Å². The summed E-state index contributed by atoms with van der Waals surface area (Å²) in [6, 6.07) is 3.85. The van der Waals surface area contributed by atoms with Gasteiger partial charge in [0.25, 0.3) is 0 Å². The zero-order valence-corrected chi connectivity index (χ0v) is 17.1. The summed E-state index contributed by atoms with van der Waals surface area (Å²) in [5, 5.41) is 7.33. The molecule has 2 aliphatic heterocycles. The van der Waals surface area contributed by atoms with Crippen LogP contribution in [-0.2, 0) is 11.3 Å². The average molecular weight is 397 g/mol. The number of hydrogen-bond donors (Lipinski definition) is 2. The number of nitrogens with one attached hydrogen (secondary N) is 2. The number of fused-ring (bicyclic) bond motifs is 1. The molecule has 8 heteroatoms. The third-order valence-electron chi connectivity index (χ3n) is 4.90. The molecule has 7 nitrogen and oxygen atoms in total. The van der Waals surface area contributed by atoms with Crippen molar-refractivity contribution in [3.8, 4) is 11.5 Å². The summed E-state index contributed by atoms with van der Waals surface area (Å²) in [4.78, 5) is 6.77. The Morgan fingerprint density at radius 2 is 1.89 bits per heavy atom. The summed E-state index contributed by atoms with van der Waals surface area (Å²) in [5.74, 6) is 2.07. The van der Waals surface area contributed by atoms with E-state index in [1.807, 2.05) is 12.1 Å². The lowest BCUT2D eigenvalue weighted by Crippen LogP contribution is -2.56. The molecule has 0 aromatic heterocycles. The molecule has 0 radical (unpaired) electrons. The van der Waals surface area contributed by atoms with Gasteiger partial charge in [-0.3, -0.25) is 9.89 Å². The van der Waals surface area contributed by atoms with E-state index in [9.17, 15) is 0 Å². The number of halogens is 1. The normalized spacial score (nSPS) is 18.3. The fourth-order valence-electron chi connectivity index (χ4n) is 3.25. The topological polar surface area (TPSA) is 67.4 Å². The molecule has 0 unspecified atom stereocenters. The van der Waals surface area contributed by atoms with Gasteiger partial charge in [0.2, 0.25) is 0 Å². The molecule has 2 aliphatic rings. The first-order valence-electron chi connectivity index (χ1n) is 9.35. The van der Waals surface area contributed by atoms with Crippen LogP contribution in [0.3, 0.4) is 0 Å². The zero-order chi connectivity index (χ0) is 19.3. The molecule has 1 aromatic carbocycles. The van der Waals surface area contributed by atoms with Crippen molar-refractivity contribution in [2.24, 2.45) is 4.99 Å². The molecule has 150 valence electrons. The van der Waals surface area contributed by atoms with Crippen LogP contribution in [0, 0.1) is 0 Å². The van der Waals surface area contributed by atoms with Crippen LogP contribution in [0.4, 0.5) is 0 Å². The Morgan fingerprint density at radius 1 is 1.15 bits per heavy atom. The van der Waals surface area contributed by atoms with Crippen molar-refractivity contribution in [1.29, 1.82) is 0 Å². The highest BCUT2D eigenvalue weighted by molar-refractivity contribution is 6.32. The first kappa shape index (κ1) is 20.0. The molecule has 0 bridgehead atoms. The van der Waals surface area contributed by atoms with Gasteiger partial charge in [-0.15, -0.1) is 0 Å². The monoisotopic (exact) mass is 396 g/mol. The summed E-state index contributed by atoms with van der Waals surface area (Å²) in [6.45, 7) is 10.4. The van der Waals surface area contributed by atoms with E-state index < -0.39 is 0 Å². The highest BCUT2D eigenvalue weighted by Gasteiger charge is 2.28. The van der Waals surface area contributed by atoms with E-state index in [2.05, 4.69) is 34.4 Å². The molecule has 3 rings (SSSR count). The van der Waals surface area contributed by atoms with Gasteiger partial charge in [0.1, 0.15) is 13.2 Å². The van der Waals surface area contributed by atoms with Crippen molar-refractivity contribution >= 4 is 17.6 Å². The predicted molar refractivity (Wildman–Crippen MR) is 107 cm³/mol. The van der Waals surface area contributed by atoms with E-state index in [0.717, 1.165) is 44.4 Å². The van der Waals surface area contributed by atoms with Gasteiger partial charge in [0.15, 0.2) is 17.5 Å². The molecule has 1 fully saturated rings. The molecular formula is C19H29ClN4O3. The summed E-state index contributed by atoms with van der Waals surface area (Å²) < 4.78 is 16.7. The lowest BCUT2D eigenvalue weighted by molar-refractivity contribution is -0.00834. The smallest absolute Gasteiger partial charge is 0.191 e. The summed E-state index contributed by atoms with van der Waals surface area (Å²) in [7, 11) is 1.77. The van der Waals surface area contributed by atoms with E-state index in [1.54, 1.807) is 7.05 Å². The number of morpholine rings is 1. The van der Waals surface area contributed by atoms with E-state index in [0.29, 0.717) is 36.3 Å². The van der Waals surface area contributed by atoms with Crippen molar-refractivity contribution in [3.05, 3.63) is 22.7 Å². The maximum atomic E-state index is 6.31. The van der Waals surface area contributed by atoms with Gasteiger partial charge in [-0.1, -0.05) is 11.6 Å². The van der Waals surface area contributed by atoms with E-state index in [-0.39, 0.29) is 5.54 Å². The maximum absolute atomic E-state index is 6.31. The van der Waals surface area contributed by atoms with Crippen LogP contribution in [0.1, 0.15) is 19.4 Å². The molecule has 2 N–H and O–H groups in total. The standard InChI is InChI=1S/C19H29ClN4O3/c1-19(2,24-4-6-25-7-5-24)13-23-18(21-3)22-12-14-10-15(20)17-16(11-14)26-8-9-27-17/h10-11H,4-9,12-13H2,1-3H3,(H2,21,22,23). The maximum Gasteiger partial charge on any atom is 0.191 e. The van der Waals surface area contributed by atoms with Crippen molar-refractivity contribution in [2.75, 3.05) is 53.1 Å². The number of rotatable bonds is 5. The van der Waals surface area contributed by atoms with Gasteiger partial charge in [-0.05, 0) is 31.5 Å². The minimum absolute atomic E-state index is 0.0156. The molecular weight excluding hydrogens is 368 g/mol. The van der Waals surface area contributed by atoms with Crippen LogP contribution >= 0.6 is 11.6 Å². The molecule has 1 aromatic rings. The van der Waals surface area contributed by atoms with Crippen LogP contribution < -0.4 is 20.1 Å². The highest BCUT2D eigenvalue weighted by Crippen LogP contribution is 2.38. The predicted octanol–water partition coefficient (Wildman–Crippen LogP) is 1.89. The molecule has 0 spiro atoms. The molecule has 0 aliphatic carbocycles. The van der Waals surface area contributed by atoms with Crippen LogP contribution in [0.2, 0.25) is 5.02 Å². The molecule has 27 heavy (non-hydrogen) atoms. The minimum Gasteiger partial charge on any atom is -0.486 e. The second-order valence-corrected chi connectivity index (χ2v) is 7.70. The highest BCUT2D eigenvalue weighted by atomic mass is 35.5. The Morgan fingerprint density at radius 3 is 2.63 bits per heavy atom. The fraction of sp³-hybridized carbons (Fsp3) is 0.632. The van der Waals surface area contributed by atoms with Crippen LogP contribution in [0.5, 0.6) is 11.5 Å². The third-order valence-corrected chi connectivity index (χ3v) is 5.18. The Kier molecular flexibility index (Phi) is 6.68. The van der Waals surface area contributed by atoms with E-state index in [4.69, 9.17) is 25.8 Å². The van der Waals surface area contributed by atoms with Gasteiger partial charge < -0.3 is 24.8 Å². The quantitative estimate of drug-likeness (QED) is 0.585. The first-order valence-corrected chi connectivity index (χ1v) is 9.73. The summed E-state index contributed by atoms with van der Waals surface area (Å²) in [5.41, 5.74) is 1.03. The Balaban J connectivity index is 1.54. The van der Waals surface area contributed by atoms with Crippen LogP contribution in [0.15, 0.2) is 17.1 Å². The van der Waals surface area contributed by atoms with Gasteiger partial charge in [-0.25, -0.2) is 0 Å². The first-order chi connectivity index (χ1) is 13.0. The van der Waals surface area contributed by atoms with Gasteiger partial charge in [0.05, 0.1) is 18.2 Å². The molecule has 1 saturated heterocycles. The second-order valence-electron chi connectivity index (χ2n) is 7.29. The van der Waals surface area contributed by atoms with Crippen LogP contribution in [-0.4, -0.2) is 69.5 Å². The lowest BCUT2D eigenvalue weighted by Gasteiger charge is -2.41. The lowest BCUT2D eigenvalue weighted by atomic mass is 10.0. The van der Waals surface area contributed by atoms with Gasteiger partial charge >= 0.3 is 0 Å². The Bertz CT molecular complexity index is 675. The zero-order valence-electron chi connectivity index (χ0n) is 16.3. The molecule has 2 heterocycles. The SMILES string of the molecule is CN=C(NCc1cc(Cl)c2c(c1)OCCO2)NCC(C)(C)N1CCOCC1. The van der Waals surface area contributed by atoms with E-state index in [1.165, 1.54) is 0 Å². The number of hydrogen-bond acceptors (Lipinski definition) is 5. The van der Waals surface area contributed by atoms with Crippen molar-refractivity contribution in [2.45, 2.75) is 25.9 Å². The molecule has 0 atom stereocenters. The fourth-order valence-corrected chi connectivity index (χ4v) is 3.54. The number of guanidine groups is 1. The minimum atomic E-state index is 0.0156.